The fourth-order valence-corrected chi connectivity index (χ4v) is 3.19. The van der Waals surface area contributed by atoms with E-state index in [1.807, 2.05) is 36.6 Å². The van der Waals surface area contributed by atoms with Gasteiger partial charge in [-0.15, -0.1) is 0 Å². The fourth-order valence-electron chi connectivity index (χ4n) is 2.44. The van der Waals surface area contributed by atoms with E-state index in [2.05, 4.69) is 20.9 Å². The van der Waals surface area contributed by atoms with Crippen molar-refractivity contribution in [3.05, 3.63) is 56.5 Å². The van der Waals surface area contributed by atoms with Crippen molar-refractivity contribution in [1.29, 1.82) is 0 Å². The molecule has 0 aliphatic carbocycles. The molecule has 3 aromatic rings. The second kappa shape index (κ2) is 4.82. The highest BCUT2D eigenvalue weighted by Gasteiger charge is 2.13. The Bertz CT molecular complexity index is 879. The van der Waals surface area contributed by atoms with Crippen molar-refractivity contribution in [2.24, 2.45) is 0 Å². The molecule has 0 spiro atoms. The van der Waals surface area contributed by atoms with E-state index in [1.165, 1.54) is 6.07 Å². The molecule has 0 radical (unpaired) electrons. The average Bonchev–Trinajstić information content (AvgIpc) is 2.71. The van der Waals surface area contributed by atoms with Crippen molar-refractivity contribution < 1.29 is 4.39 Å². The van der Waals surface area contributed by atoms with Gasteiger partial charge in [-0.1, -0.05) is 12.1 Å². The molecule has 0 saturated heterocycles. The van der Waals surface area contributed by atoms with Gasteiger partial charge in [-0.3, -0.25) is 4.57 Å². The summed E-state index contributed by atoms with van der Waals surface area (Å²) in [5, 5.41) is 0. The number of rotatable bonds is 1. The average molecular weight is 351 g/mol. The van der Waals surface area contributed by atoms with Crippen LogP contribution < -0.4 is 0 Å². The molecule has 1 heterocycles. The number of aromatic nitrogens is 2. The van der Waals surface area contributed by atoms with E-state index in [0.717, 1.165) is 27.8 Å². The normalized spacial score (nSPS) is 11.2. The molecule has 0 aliphatic heterocycles. The molecule has 0 fully saturated rings. The molecule has 20 heavy (non-hydrogen) atoms. The van der Waals surface area contributed by atoms with Crippen LogP contribution in [0.1, 0.15) is 11.1 Å². The Morgan fingerprint density at radius 2 is 1.95 bits per heavy atom. The van der Waals surface area contributed by atoms with Crippen molar-refractivity contribution in [2.75, 3.05) is 0 Å². The highest BCUT2D eigenvalue weighted by molar-refractivity contribution is 9.10. The molecule has 5 heteroatoms. The summed E-state index contributed by atoms with van der Waals surface area (Å²) in [7, 11) is 0. The van der Waals surface area contributed by atoms with E-state index < -0.39 is 0 Å². The number of imidazole rings is 1. The quantitative estimate of drug-likeness (QED) is 0.597. The summed E-state index contributed by atoms with van der Waals surface area (Å²) >= 11 is 8.61. The van der Waals surface area contributed by atoms with Gasteiger partial charge in [0.15, 0.2) is 4.77 Å². The van der Waals surface area contributed by atoms with E-state index >= 15 is 0 Å². The number of aryl methyl sites for hydroxylation is 2. The second-order valence-corrected chi connectivity index (χ2v) is 6.03. The van der Waals surface area contributed by atoms with Gasteiger partial charge in [0.25, 0.3) is 0 Å². The zero-order valence-electron chi connectivity index (χ0n) is 11.0. The number of nitrogens with zero attached hydrogens (tertiary/aromatic N) is 1. The molecular formula is C15H12BrFN2S. The summed E-state index contributed by atoms with van der Waals surface area (Å²) in [6.07, 6.45) is 0. The number of halogens is 2. The largest absolute Gasteiger partial charge is 0.330 e. The number of aromatic amines is 1. The Morgan fingerprint density at radius 1 is 1.20 bits per heavy atom. The summed E-state index contributed by atoms with van der Waals surface area (Å²) in [4.78, 5) is 3.17. The molecule has 1 N–H and O–H groups in total. The standard InChI is InChI=1S/C15H12BrFN2S/c1-8-4-3-5-12-14(8)19(15(20)18-12)13-7-11(17)10(16)6-9(13)2/h3-7H,1-2H3,(H,18,20). The van der Waals surface area contributed by atoms with Gasteiger partial charge in [0.05, 0.1) is 21.2 Å². The third-order valence-electron chi connectivity index (χ3n) is 3.39. The van der Waals surface area contributed by atoms with Gasteiger partial charge >= 0.3 is 0 Å². The van der Waals surface area contributed by atoms with Gasteiger partial charge in [0.2, 0.25) is 0 Å². The molecule has 2 nitrogen and oxygen atoms in total. The first-order valence-electron chi connectivity index (χ1n) is 6.15. The maximum absolute atomic E-state index is 13.9. The van der Waals surface area contributed by atoms with Crippen LogP contribution in [0.3, 0.4) is 0 Å². The Balaban J connectivity index is 2.44. The van der Waals surface area contributed by atoms with Gasteiger partial charge in [0, 0.05) is 0 Å². The van der Waals surface area contributed by atoms with E-state index in [1.54, 1.807) is 6.07 Å². The zero-order valence-corrected chi connectivity index (χ0v) is 13.4. The van der Waals surface area contributed by atoms with Crippen LogP contribution in [0, 0.1) is 24.4 Å². The van der Waals surface area contributed by atoms with Gasteiger partial charge in [0.1, 0.15) is 5.82 Å². The van der Waals surface area contributed by atoms with E-state index in [9.17, 15) is 4.39 Å². The van der Waals surface area contributed by atoms with Crippen LogP contribution in [-0.4, -0.2) is 9.55 Å². The van der Waals surface area contributed by atoms with Crippen LogP contribution in [0.2, 0.25) is 0 Å². The van der Waals surface area contributed by atoms with Crippen molar-refractivity contribution in [1.82, 2.24) is 9.55 Å². The van der Waals surface area contributed by atoms with E-state index in [4.69, 9.17) is 12.2 Å². The maximum Gasteiger partial charge on any atom is 0.182 e. The van der Waals surface area contributed by atoms with E-state index in [0.29, 0.717) is 9.24 Å². The number of H-pyrrole nitrogens is 1. The summed E-state index contributed by atoms with van der Waals surface area (Å²) in [6, 6.07) is 9.24. The molecule has 1 aromatic heterocycles. The molecule has 0 amide bonds. The minimum atomic E-state index is -0.296. The molecule has 0 bridgehead atoms. The number of fused-ring (bicyclic) bond motifs is 1. The number of nitrogens with one attached hydrogen (secondary N) is 1. The number of hydrogen-bond donors (Lipinski definition) is 1. The minimum absolute atomic E-state index is 0.296. The fraction of sp³-hybridized carbons (Fsp3) is 0.133. The van der Waals surface area contributed by atoms with Gasteiger partial charge in [-0.05, 0) is 71.3 Å². The SMILES string of the molecule is Cc1cc(Br)c(F)cc1-n1c(=S)[nH]c2cccc(C)c21. The molecule has 3 rings (SSSR count). The Morgan fingerprint density at radius 3 is 2.70 bits per heavy atom. The lowest BCUT2D eigenvalue weighted by atomic mass is 10.1. The predicted octanol–water partition coefficient (Wildman–Crippen LogP) is 5.21. The first-order chi connectivity index (χ1) is 9.49. The Hall–Kier alpha value is -1.46. The van der Waals surface area contributed by atoms with Gasteiger partial charge in [-0.25, -0.2) is 4.39 Å². The minimum Gasteiger partial charge on any atom is -0.330 e. The lowest BCUT2D eigenvalue weighted by Crippen LogP contribution is -1.99. The number of hydrogen-bond acceptors (Lipinski definition) is 1. The lowest BCUT2D eigenvalue weighted by Gasteiger charge is -2.11. The predicted molar refractivity (Wildman–Crippen MR) is 85.6 cm³/mol. The van der Waals surface area contributed by atoms with Crippen molar-refractivity contribution in [3.63, 3.8) is 0 Å². The third kappa shape index (κ3) is 2.01. The summed E-state index contributed by atoms with van der Waals surface area (Å²) < 4.78 is 16.8. The van der Waals surface area contributed by atoms with Gasteiger partial charge < -0.3 is 4.98 Å². The summed E-state index contributed by atoms with van der Waals surface area (Å²) in [5.74, 6) is -0.296. The topological polar surface area (TPSA) is 20.7 Å². The van der Waals surface area contributed by atoms with Crippen LogP contribution in [0.25, 0.3) is 16.7 Å². The number of para-hydroxylation sites is 1. The van der Waals surface area contributed by atoms with Gasteiger partial charge in [-0.2, -0.15) is 0 Å². The summed E-state index contributed by atoms with van der Waals surface area (Å²) in [5.41, 5.74) is 4.76. The first kappa shape index (κ1) is 13.5. The van der Waals surface area contributed by atoms with E-state index in [-0.39, 0.29) is 5.82 Å². The molecular weight excluding hydrogens is 339 g/mol. The Labute approximate surface area is 129 Å². The van der Waals surface area contributed by atoms with Crippen LogP contribution in [0.15, 0.2) is 34.8 Å². The third-order valence-corrected chi connectivity index (χ3v) is 4.28. The molecule has 0 atom stereocenters. The van der Waals surface area contributed by atoms with Crippen molar-refractivity contribution in [2.45, 2.75) is 13.8 Å². The lowest BCUT2D eigenvalue weighted by molar-refractivity contribution is 0.619. The molecule has 0 unspecified atom stereocenters. The number of benzene rings is 2. The zero-order chi connectivity index (χ0) is 14.4. The van der Waals surface area contributed by atoms with Crippen LogP contribution in [-0.2, 0) is 0 Å². The summed E-state index contributed by atoms with van der Waals surface area (Å²) in [6.45, 7) is 3.96. The molecule has 0 saturated carbocycles. The van der Waals surface area contributed by atoms with Crippen LogP contribution >= 0.6 is 28.1 Å². The molecule has 0 aliphatic rings. The smallest absolute Gasteiger partial charge is 0.182 e. The highest BCUT2D eigenvalue weighted by atomic mass is 79.9. The van der Waals surface area contributed by atoms with Crippen molar-refractivity contribution >= 4 is 39.2 Å². The first-order valence-corrected chi connectivity index (χ1v) is 7.35. The second-order valence-electron chi connectivity index (χ2n) is 4.79. The molecule has 2 aromatic carbocycles. The Kier molecular flexibility index (Phi) is 3.26. The van der Waals surface area contributed by atoms with Crippen LogP contribution in [0.4, 0.5) is 4.39 Å². The monoisotopic (exact) mass is 350 g/mol. The van der Waals surface area contributed by atoms with Crippen LogP contribution in [0.5, 0.6) is 0 Å². The van der Waals surface area contributed by atoms with Crippen molar-refractivity contribution in [3.8, 4) is 5.69 Å². The molecule has 102 valence electrons. The maximum atomic E-state index is 13.9. The highest BCUT2D eigenvalue weighted by Crippen LogP contribution is 2.28.